The van der Waals surface area contributed by atoms with E-state index in [1.54, 1.807) is 0 Å². The summed E-state index contributed by atoms with van der Waals surface area (Å²) in [6.45, 7) is 1.69. The van der Waals surface area contributed by atoms with Crippen LogP contribution in [0.3, 0.4) is 0 Å². The van der Waals surface area contributed by atoms with E-state index in [0.717, 1.165) is 19.3 Å². The van der Waals surface area contributed by atoms with E-state index in [-0.39, 0.29) is 12.4 Å². The molecule has 0 aliphatic rings. The van der Waals surface area contributed by atoms with Crippen LogP contribution in [0.25, 0.3) is 0 Å². The molecule has 0 atom stereocenters. The molecule has 0 aliphatic heterocycles. The van der Waals surface area contributed by atoms with Gasteiger partial charge in [0.25, 0.3) is 0 Å². The van der Waals surface area contributed by atoms with E-state index >= 15 is 0 Å². The molecule has 0 aliphatic carbocycles. The molecule has 22 heavy (non-hydrogen) atoms. The van der Waals surface area contributed by atoms with E-state index in [4.69, 9.17) is 14.2 Å². The molecule has 0 saturated carbocycles. The van der Waals surface area contributed by atoms with Crippen LogP contribution >= 0.6 is 15.9 Å². The van der Waals surface area contributed by atoms with E-state index in [1.165, 1.54) is 18.2 Å². The van der Waals surface area contributed by atoms with Gasteiger partial charge in [-0.3, -0.25) is 0 Å². The summed E-state index contributed by atoms with van der Waals surface area (Å²) in [5.74, 6) is -1.48. The highest BCUT2D eigenvalue weighted by molar-refractivity contribution is 9.10. The minimum atomic E-state index is -0.689. The molecule has 0 amide bonds. The third-order valence-corrected chi connectivity index (χ3v) is 3.19. The van der Waals surface area contributed by atoms with Crippen molar-refractivity contribution in [2.45, 2.75) is 26.2 Å². The van der Waals surface area contributed by atoms with Crippen LogP contribution < -0.4 is 4.74 Å². The monoisotopic (exact) mass is 376 g/mol. The van der Waals surface area contributed by atoms with Gasteiger partial charge in [0.05, 0.1) is 11.1 Å². The van der Waals surface area contributed by atoms with Crippen molar-refractivity contribution in [1.29, 1.82) is 0 Å². The lowest BCUT2D eigenvalue weighted by Gasteiger charge is -2.07. The summed E-state index contributed by atoms with van der Waals surface area (Å²) in [7, 11) is 0. The molecule has 0 unspecified atom stereocenters. The fourth-order valence-corrected chi connectivity index (χ4v) is 1.94. The molecule has 0 saturated heterocycles. The summed E-state index contributed by atoms with van der Waals surface area (Å²) in [6.07, 6.45) is 2.84. The molecule has 1 rings (SSSR count). The summed E-state index contributed by atoms with van der Waals surface area (Å²) in [5.41, 5.74) is 0. The number of hydrogen-bond donors (Lipinski definition) is 0. The second-order valence-corrected chi connectivity index (χ2v) is 5.32. The molecule has 7 heteroatoms. The van der Waals surface area contributed by atoms with Crippen LogP contribution in [0.15, 0.2) is 22.7 Å². The van der Waals surface area contributed by atoms with Crippen LogP contribution in [0.5, 0.6) is 5.75 Å². The second kappa shape index (κ2) is 10.3. The number of esters is 2. The predicted molar refractivity (Wildman–Crippen MR) is 81.0 cm³/mol. The number of rotatable bonds is 9. The number of carbonyl (C=O) groups excluding carboxylic acids is 2. The van der Waals surface area contributed by atoms with Crippen LogP contribution in [0, 0.1) is 5.82 Å². The third-order valence-electron chi connectivity index (χ3n) is 2.57. The topological polar surface area (TPSA) is 61.8 Å². The maximum atomic E-state index is 12.9. The van der Waals surface area contributed by atoms with E-state index < -0.39 is 24.4 Å². The first-order valence-electron chi connectivity index (χ1n) is 6.92. The lowest BCUT2D eigenvalue weighted by Crippen LogP contribution is -2.20. The van der Waals surface area contributed by atoms with Gasteiger partial charge in [0.1, 0.15) is 24.8 Å². The Labute approximate surface area is 136 Å². The van der Waals surface area contributed by atoms with Gasteiger partial charge in [-0.2, -0.15) is 0 Å². The molecule has 1 aromatic rings. The van der Waals surface area contributed by atoms with Crippen molar-refractivity contribution in [3.05, 3.63) is 28.5 Å². The fraction of sp³-hybridized carbons (Fsp3) is 0.467. The normalized spacial score (nSPS) is 10.3. The SMILES string of the molecule is CCCCCOC(=O)COCC(=O)Oc1ccc(F)cc1Br. The lowest BCUT2D eigenvalue weighted by atomic mass is 10.3. The Morgan fingerprint density at radius 2 is 1.91 bits per heavy atom. The van der Waals surface area contributed by atoms with Gasteiger partial charge < -0.3 is 14.2 Å². The number of ether oxygens (including phenoxy) is 3. The van der Waals surface area contributed by atoms with Crippen LogP contribution in [0.4, 0.5) is 4.39 Å². The van der Waals surface area contributed by atoms with Gasteiger partial charge in [-0.15, -0.1) is 0 Å². The summed E-state index contributed by atoms with van der Waals surface area (Å²) >= 11 is 3.08. The summed E-state index contributed by atoms with van der Waals surface area (Å²) in [4.78, 5) is 22.8. The molecule has 0 N–H and O–H groups in total. The molecule has 0 bridgehead atoms. The van der Waals surface area contributed by atoms with Gasteiger partial charge in [-0.25, -0.2) is 14.0 Å². The van der Waals surface area contributed by atoms with Crippen molar-refractivity contribution in [2.24, 2.45) is 0 Å². The van der Waals surface area contributed by atoms with Crippen molar-refractivity contribution in [3.63, 3.8) is 0 Å². The number of carbonyl (C=O) groups is 2. The number of halogens is 2. The van der Waals surface area contributed by atoms with Crippen LogP contribution in [-0.2, 0) is 19.1 Å². The fourth-order valence-electron chi connectivity index (χ4n) is 1.51. The zero-order valence-electron chi connectivity index (χ0n) is 12.3. The first-order valence-corrected chi connectivity index (χ1v) is 7.71. The Hall–Kier alpha value is -1.47. The zero-order chi connectivity index (χ0) is 16.4. The molecule has 0 fully saturated rings. The molecule has 122 valence electrons. The summed E-state index contributed by atoms with van der Waals surface area (Å²) in [5, 5.41) is 0. The summed E-state index contributed by atoms with van der Waals surface area (Å²) < 4.78 is 28.0. The first kappa shape index (κ1) is 18.6. The van der Waals surface area contributed by atoms with Gasteiger partial charge >= 0.3 is 11.9 Å². The Kier molecular flexibility index (Phi) is 8.69. The van der Waals surface area contributed by atoms with Crippen LogP contribution in [-0.4, -0.2) is 31.8 Å². The molecule has 0 aromatic heterocycles. The largest absolute Gasteiger partial charge is 0.464 e. The molecule has 1 aromatic carbocycles. The average molecular weight is 377 g/mol. The highest BCUT2D eigenvalue weighted by atomic mass is 79.9. The van der Waals surface area contributed by atoms with Gasteiger partial charge in [0.15, 0.2) is 0 Å². The van der Waals surface area contributed by atoms with Crippen LogP contribution in [0.1, 0.15) is 26.2 Å². The Bertz CT molecular complexity index is 507. The molecule has 0 spiro atoms. The van der Waals surface area contributed by atoms with Crippen molar-refractivity contribution < 1.29 is 28.2 Å². The standard InChI is InChI=1S/C15H18BrFO5/c1-2-3-4-7-21-14(18)9-20-10-15(19)22-13-6-5-11(17)8-12(13)16/h5-6,8H,2-4,7,9-10H2,1H3. The van der Waals surface area contributed by atoms with Crippen molar-refractivity contribution in [1.82, 2.24) is 0 Å². The van der Waals surface area contributed by atoms with Crippen LogP contribution in [0.2, 0.25) is 0 Å². The zero-order valence-corrected chi connectivity index (χ0v) is 13.9. The molecule has 0 radical (unpaired) electrons. The Morgan fingerprint density at radius 1 is 1.18 bits per heavy atom. The minimum absolute atomic E-state index is 0.178. The molecule has 5 nitrogen and oxygen atoms in total. The Balaban J connectivity index is 2.21. The highest BCUT2D eigenvalue weighted by Crippen LogP contribution is 2.25. The first-order chi connectivity index (χ1) is 10.5. The van der Waals surface area contributed by atoms with Crippen molar-refractivity contribution >= 4 is 27.9 Å². The molecular formula is C15H18BrFO5. The molecule has 0 heterocycles. The quantitative estimate of drug-likeness (QED) is 0.376. The van der Waals surface area contributed by atoms with E-state index in [0.29, 0.717) is 11.1 Å². The number of benzene rings is 1. The van der Waals surface area contributed by atoms with Crippen molar-refractivity contribution in [2.75, 3.05) is 19.8 Å². The molecular weight excluding hydrogens is 359 g/mol. The van der Waals surface area contributed by atoms with Gasteiger partial charge in [-0.1, -0.05) is 19.8 Å². The maximum absolute atomic E-state index is 12.9. The highest BCUT2D eigenvalue weighted by Gasteiger charge is 2.11. The van der Waals surface area contributed by atoms with E-state index in [1.807, 2.05) is 0 Å². The predicted octanol–water partition coefficient (Wildman–Crippen LogP) is 3.24. The maximum Gasteiger partial charge on any atom is 0.337 e. The smallest absolute Gasteiger partial charge is 0.337 e. The van der Waals surface area contributed by atoms with Gasteiger partial charge in [-0.05, 0) is 40.5 Å². The number of unbranched alkanes of at least 4 members (excludes halogenated alkanes) is 2. The van der Waals surface area contributed by atoms with E-state index in [9.17, 15) is 14.0 Å². The lowest BCUT2D eigenvalue weighted by molar-refractivity contribution is -0.152. The van der Waals surface area contributed by atoms with Gasteiger partial charge in [0, 0.05) is 0 Å². The summed E-state index contributed by atoms with van der Waals surface area (Å²) in [6, 6.07) is 3.67. The van der Waals surface area contributed by atoms with Crippen molar-refractivity contribution in [3.8, 4) is 5.75 Å². The number of hydrogen-bond acceptors (Lipinski definition) is 5. The third kappa shape index (κ3) is 7.51. The average Bonchev–Trinajstić information content (AvgIpc) is 2.47. The van der Waals surface area contributed by atoms with E-state index in [2.05, 4.69) is 22.9 Å². The Morgan fingerprint density at radius 3 is 2.59 bits per heavy atom. The second-order valence-electron chi connectivity index (χ2n) is 4.47. The minimum Gasteiger partial charge on any atom is -0.464 e. The van der Waals surface area contributed by atoms with Gasteiger partial charge in [0.2, 0.25) is 0 Å².